The Hall–Kier alpha value is -3.71. The van der Waals surface area contributed by atoms with Crippen molar-refractivity contribution in [1.29, 1.82) is 0 Å². The highest BCUT2D eigenvalue weighted by atomic mass is 16.7. The molecule has 0 aliphatic carbocycles. The summed E-state index contributed by atoms with van der Waals surface area (Å²) in [6, 6.07) is 5.83. The SMILES string of the molecule is COc1cc(-c2oc3cc(O)cc(O)c3c(=O)c2O[C@@H]2O[C@@H](CO[C@@H]3O[C@@H](C)[C@H](O)[C@H](O)[C@@H]3O)[C@@H](O)[C@H](O)[C@H]2O)ccc1O. The summed E-state index contributed by atoms with van der Waals surface area (Å²) in [6.07, 6.45) is -16.0. The molecule has 2 aliphatic rings. The van der Waals surface area contributed by atoms with Gasteiger partial charge in [0, 0.05) is 17.7 Å². The number of aliphatic hydroxyl groups excluding tert-OH is 6. The van der Waals surface area contributed by atoms with Gasteiger partial charge in [0.2, 0.25) is 17.5 Å². The lowest BCUT2D eigenvalue weighted by Crippen LogP contribution is -2.61. The Labute approximate surface area is 248 Å². The summed E-state index contributed by atoms with van der Waals surface area (Å²) in [5, 5.41) is 92.1. The highest BCUT2D eigenvalue weighted by Crippen LogP contribution is 2.39. The van der Waals surface area contributed by atoms with Gasteiger partial charge in [-0.15, -0.1) is 0 Å². The predicted molar refractivity (Wildman–Crippen MR) is 145 cm³/mol. The summed E-state index contributed by atoms with van der Waals surface area (Å²) < 4.78 is 33.2. The zero-order valence-corrected chi connectivity index (χ0v) is 23.3. The number of benzene rings is 2. The first-order chi connectivity index (χ1) is 20.8. The van der Waals surface area contributed by atoms with E-state index < -0.39 is 96.1 Å². The van der Waals surface area contributed by atoms with Crippen molar-refractivity contribution in [2.24, 2.45) is 0 Å². The zero-order valence-electron chi connectivity index (χ0n) is 23.3. The third kappa shape index (κ3) is 5.74. The molecule has 5 rings (SSSR count). The van der Waals surface area contributed by atoms with Crippen LogP contribution in [0.15, 0.2) is 39.5 Å². The molecule has 2 aliphatic heterocycles. The number of phenols is 3. The Morgan fingerprint density at radius 2 is 1.48 bits per heavy atom. The fraction of sp³-hybridized carbons (Fsp3) is 0.464. The van der Waals surface area contributed by atoms with Crippen LogP contribution in [0.4, 0.5) is 0 Å². The van der Waals surface area contributed by atoms with Crippen LogP contribution in [-0.4, -0.2) is 121 Å². The number of aliphatic hydroxyl groups is 6. The van der Waals surface area contributed by atoms with Gasteiger partial charge in [-0.25, -0.2) is 0 Å². The molecular weight excluding hydrogens is 592 g/mol. The highest BCUT2D eigenvalue weighted by molar-refractivity contribution is 5.88. The number of methoxy groups -OCH3 is 1. The fourth-order valence-corrected chi connectivity index (χ4v) is 4.99. The third-order valence-electron chi connectivity index (χ3n) is 7.50. The molecule has 0 saturated carbocycles. The lowest BCUT2D eigenvalue weighted by molar-refractivity contribution is -0.318. The number of hydrogen-bond acceptors (Lipinski definition) is 16. The van der Waals surface area contributed by atoms with Gasteiger partial charge in [-0.2, -0.15) is 0 Å². The minimum Gasteiger partial charge on any atom is -0.508 e. The average Bonchev–Trinajstić information content (AvgIpc) is 2.98. The molecule has 1 aromatic heterocycles. The minimum absolute atomic E-state index is 0.0151. The van der Waals surface area contributed by atoms with E-state index in [0.717, 1.165) is 12.1 Å². The van der Waals surface area contributed by atoms with Crippen LogP contribution in [0.25, 0.3) is 22.3 Å². The fourth-order valence-electron chi connectivity index (χ4n) is 4.99. The molecule has 0 spiro atoms. The molecule has 16 heteroatoms. The molecule has 9 N–H and O–H groups in total. The van der Waals surface area contributed by atoms with Gasteiger partial charge in [-0.05, 0) is 25.1 Å². The van der Waals surface area contributed by atoms with Gasteiger partial charge < -0.3 is 74.1 Å². The quantitative estimate of drug-likeness (QED) is 0.147. The van der Waals surface area contributed by atoms with Crippen molar-refractivity contribution >= 4 is 11.0 Å². The smallest absolute Gasteiger partial charge is 0.239 e. The molecule has 2 fully saturated rings. The van der Waals surface area contributed by atoms with Crippen molar-refractivity contribution in [1.82, 2.24) is 0 Å². The summed E-state index contributed by atoms with van der Waals surface area (Å²) in [4.78, 5) is 13.7. The Morgan fingerprint density at radius 3 is 2.18 bits per heavy atom. The Balaban J connectivity index is 1.49. The lowest BCUT2D eigenvalue weighted by atomic mass is 9.98. The van der Waals surface area contributed by atoms with E-state index in [-0.39, 0.29) is 28.4 Å². The van der Waals surface area contributed by atoms with Gasteiger partial charge in [0.25, 0.3) is 0 Å². The van der Waals surface area contributed by atoms with Crippen molar-refractivity contribution in [3.8, 4) is 40.1 Å². The first-order valence-electron chi connectivity index (χ1n) is 13.4. The van der Waals surface area contributed by atoms with Gasteiger partial charge in [0.05, 0.1) is 19.8 Å². The van der Waals surface area contributed by atoms with Gasteiger partial charge in [-0.1, -0.05) is 0 Å². The summed E-state index contributed by atoms with van der Waals surface area (Å²) in [5.41, 5.74) is -1.11. The van der Waals surface area contributed by atoms with E-state index >= 15 is 0 Å². The maximum absolute atomic E-state index is 13.7. The largest absolute Gasteiger partial charge is 0.508 e. The Morgan fingerprint density at radius 1 is 0.795 bits per heavy atom. The summed E-state index contributed by atoms with van der Waals surface area (Å²) in [6.45, 7) is 0.845. The molecule has 44 heavy (non-hydrogen) atoms. The lowest BCUT2D eigenvalue weighted by Gasteiger charge is -2.42. The molecule has 2 aromatic carbocycles. The second-order valence-corrected chi connectivity index (χ2v) is 10.5. The van der Waals surface area contributed by atoms with Crippen LogP contribution in [0.1, 0.15) is 6.92 Å². The molecule has 0 unspecified atom stereocenters. The maximum atomic E-state index is 13.7. The van der Waals surface area contributed by atoms with E-state index in [0.29, 0.717) is 0 Å². The van der Waals surface area contributed by atoms with Crippen LogP contribution in [0, 0.1) is 0 Å². The van der Waals surface area contributed by atoms with E-state index in [2.05, 4.69) is 0 Å². The van der Waals surface area contributed by atoms with Crippen molar-refractivity contribution in [2.45, 2.75) is 68.3 Å². The van der Waals surface area contributed by atoms with Crippen LogP contribution >= 0.6 is 0 Å². The maximum Gasteiger partial charge on any atom is 0.239 e. The monoisotopic (exact) mass is 624 g/mol. The van der Waals surface area contributed by atoms with Crippen molar-refractivity contribution in [2.75, 3.05) is 13.7 Å². The molecule has 2 saturated heterocycles. The molecule has 16 nitrogen and oxygen atoms in total. The number of ether oxygens (including phenoxy) is 5. The Kier molecular flexibility index (Phi) is 8.90. The molecule has 10 atom stereocenters. The van der Waals surface area contributed by atoms with E-state index in [1.165, 1.54) is 32.2 Å². The van der Waals surface area contributed by atoms with E-state index in [1.807, 2.05) is 0 Å². The van der Waals surface area contributed by atoms with Crippen molar-refractivity contribution in [3.63, 3.8) is 0 Å². The number of phenolic OH excluding ortho intramolecular Hbond substituents is 3. The Bertz CT molecular complexity index is 1560. The molecule has 0 bridgehead atoms. The summed E-state index contributed by atoms with van der Waals surface area (Å²) in [7, 11) is 1.28. The number of rotatable bonds is 7. The van der Waals surface area contributed by atoms with Gasteiger partial charge >= 0.3 is 0 Å². The predicted octanol–water partition coefficient (Wildman–Crippen LogP) is -1.38. The average molecular weight is 625 g/mol. The molecule has 0 amide bonds. The molecule has 3 aromatic rings. The van der Waals surface area contributed by atoms with Crippen LogP contribution in [0.3, 0.4) is 0 Å². The molecule has 0 radical (unpaired) electrons. The summed E-state index contributed by atoms with van der Waals surface area (Å²) >= 11 is 0. The van der Waals surface area contributed by atoms with E-state index in [4.69, 9.17) is 28.1 Å². The van der Waals surface area contributed by atoms with Gasteiger partial charge in [-0.3, -0.25) is 4.79 Å². The van der Waals surface area contributed by atoms with Crippen molar-refractivity contribution < 1.29 is 74.1 Å². The normalized spacial score (nSPS) is 32.5. The van der Waals surface area contributed by atoms with Crippen LogP contribution in [0.2, 0.25) is 0 Å². The molecule has 3 heterocycles. The van der Waals surface area contributed by atoms with Gasteiger partial charge in [0.15, 0.2) is 23.5 Å². The van der Waals surface area contributed by atoms with Crippen LogP contribution < -0.4 is 14.9 Å². The standard InChI is InChI=1S/C28H32O16/c1-9-18(32)21(35)23(37)27(41-9)40-8-16-19(33)22(36)24(38)28(43-16)44-26-20(34)17-13(31)6-11(29)7-15(17)42-25(26)10-3-4-12(30)14(5-10)39-2/h3-7,9,16,18-19,21-24,27-33,35-38H,8H2,1-2H3/t9-,16-,18-,19+,21-,22-,23-,24+,27+,28-/m0/s1. The number of fused-ring (bicyclic) bond motifs is 1. The van der Waals surface area contributed by atoms with Crippen molar-refractivity contribution in [3.05, 3.63) is 40.6 Å². The summed E-state index contributed by atoms with van der Waals surface area (Å²) in [5.74, 6) is -2.28. The minimum atomic E-state index is -1.94. The first kappa shape index (κ1) is 31.7. The van der Waals surface area contributed by atoms with Gasteiger partial charge in [0.1, 0.15) is 65.2 Å². The molecular formula is C28H32O16. The number of aromatic hydroxyl groups is 3. The number of hydrogen-bond donors (Lipinski definition) is 9. The second kappa shape index (κ2) is 12.4. The first-order valence-corrected chi connectivity index (χ1v) is 13.4. The second-order valence-electron chi connectivity index (χ2n) is 10.5. The highest BCUT2D eigenvalue weighted by Gasteiger charge is 2.47. The zero-order chi connectivity index (χ0) is 32.0. The topological polar surface area (TPSA) is 258 Å². The van der Waals surface area contributed by atoms with E-state index in [9.17, 15) is 50.8 Å². The molecule has 240 valence electrons. The third-order valence-corrected chi connectivity index (χ3v) is 7.50. The van der Waals surface area contributed by atoms with Crippen LogP contribution in [0.5, 0.6) is 28.7 Å². The van der Waals surface area contributed by atoms with E-state index in [1.54, 1.807) is 0 Å². The van der Waals surface area contributed by atoms with Crippen LogP contribution in [-0.2, 0) is 14.2 Å².